The first-order valence-corrected chi connectivity index (χ1v) is 9.03. The van der Waals surface area contributed by atoms with Gasteiger partial charge in [0.2, 0.25) is 11.6 Å². The van der Waals surface area contributed by atoms with Crippen molar-refractivity contribution in [2.45, 2.75) is 56.1 Å². The summed E-state index contributed by atoms with van der Waals surface area (Å²) in [6, 6.07) is 0. The quantitative estimate of drug-likeness (QED) is 0.597. The van der Waals surface area contributed by atoms with Crippen LogP contribution in [0.4, 0.5) is 0 Å². The lowest BCUT2D eigenvalue weighted by Crippen LogP contribution is -2.73. The van der Waals surface area contributed by atoms with Gasteiger partial charge < -0.3 is 28.2 Å². The Balaban J connectivity index is 1.96. The molecule has 0 spiro atoms. The second kappa shape index (κ2) is 6.34. The van der Waals surface area contributed by atoms with Gasteiger partial charge in [0.25, 0.3) is 0 Å². The second-order valence-corrected chi connectivity index (χ2v) is 7.41. The van der Waals surface area contributed by atoms with Gasteiger partial charge in [-0.15, -0.1) is 0 Å². The number of methoxy groups -OCH3 is 2. The van der Waals surface area contributed by atoms with E-state index in [2.05, 4.69) is 13.6 Å². The van der Waals surface area contributed by atoms with Gasteiger partial charge in [-0.1, -0.05) is 0 Å². The van der Waals surface area contributed by atoms with Crippen molar-refractivity contribution < 1.29 is 45.0 Å². The van der Waals surface area contributed by atoms with E-state index in [1.165, 1.54) is 14.2 Å². The Morgan fingerprint density at radius 2 is 1.62 bits per heavy atom. The largest absolute Gasteiger partial charge is 0.400 e. The number of fused-ring (bicyclic) bond motifs is 3. The van der Waals surface area contributed by atoms with E-state index in [0.29, 0.717) is 0 Å². The maximum Gasteiger partial charge on any atom is 0.400 e. The average Bonchev–Trinajstić information content (AvgIpc) is 2.55. The van der Waals surface area contributed by atoms with Crippen LogP contribution in [0, 0.1) is 0 Å². The minimum Gasteiger partial charge on any atom is -0.349 e. The summed E-state index contributed by atoms with van der Waals surface area (Å²) < 4.78 is 66.8. The standard InChI is InChI=1S/C12H21O10PS/c1-11(15-3)12(2,16-4)20-9-8(19-11)7-6(18-10(9)21-23)5-17-24(13,14)22-7/h6-10H,5,23H2,1-4H3. The van der Waals surface area contributed by atoms with Gasteiger partial charge in [0, 0.05) is 23.7 Å². The minimum absolute atomic E-state index is 0.213. The Bertz CT molecular complexity index is 586. The van der Waals surface area contributed by atoms with Crippen molar-refractivity contribution in [3.05, 3.63) is 0 Å². The number of hydrogen-bond acceptors (Lipinski definition) is 10. The van der Waals surface area contributed by atoms with Crippen LogP contribution in [-0.2, 0) is 47.0 Å². The molecule has 8 atom stereocenters. The molecule has 0 bridgehead atoms. The van der Waals surface area contributed by atoms with Crippen molar-refractivity contribution in [3.8, 4) is 0 Å². The smallest absolute Gasteiger partial charge is 0.349 e. The molecule has 0 N–H and O–H groups in total. The molecule has 0 aliphatic carbocycles. The van der Waals surface area contributed by atoms with Crippen LogP contribution in [0.25, 0.3) is 0 Å². The minimum atomic E-state index is -4.14. The monoisotopic (exact) mass is 388 g/mol. The van der Waals surface area contributed by atoms with Crippen molar-refractivity contribution in [1.29, 1.82) is 0 Å². The van der Waals surface area contributed by atoms with Gasteiger partial charge in [-0.3, -0.25) is 0 Å². The van der Waals surface area contributed by atoms with Gasteiger partial charge in [-0.25, -0.2) is 8.37 Å². The molecule has 3 fully saturated rings. The summed E-state index contributed by atoms with van der Waals surface area (Å²) in [5.74, 6) is -2.60. The van der Waals surface area contributed by atoms with Gasteiger partial charge in [0.05, 0.1) is 6.61 Å². The van der Waals surface area contributed by atoms with Crippen LogP contribution >= 0.6 is 9.47 Å². The highest BCUT2D eigenvalue weighted by molar-refractivity contribution is 7.81. The van der Waals surface area contributed by atoms with Crippen LogP contribution in [0.2, 0.25) is 0 Å². The fourth-order valence-electron chi connectivity index (χ4n) is 3.01. The normalized spacial score (nSPS) is 50.8. The third-order valence-corrected chi connectivity index (χ3v) is 5.81. The molecule has 0 aromatic heterocycles. The highest BCUT2D eigenvalue weighted by Gasteiger charge is 2.64. The third kappa shape index (κ3) is 2.90. The molecule has 3 aliphatic rings. The molecule has 3 heterocycles. The van der Waals surface area contributed by atoms with E-state index in [1.807, 2.05) is 0 Å². The van der Waals surface area contributed by atoms with Crippen molar-refractivity contribution in [1.82, 2.24) is 0 Å². The molecule has 140 valence electrons. The second-order valence-electron chi connectivity index (χ2n) is 5.90. The molecule has 10 nitrogen and oxygen atoms in total. The van der Waals surface area contributed by atoms with Crippen LogP contribution < -0.4 is 0 Å². The average molecular weight is 388 g/mol. The predicted octanol–water partition coefficient (Wildman–Crippen LogP) is -0.313. The fraction of sp³-hybridized carbons (Fsp3) is 1.00. The molecule has 12 heteroatoms. The molecule has 3 saturated heterocycles. The summed E-state index contributed by atoms with van der Waals surface area (Å²) in [5, 5.41) is 0. The van der Waals surface area contributed by atoms with Crippen LogP contribution in [-0.4, -0.2) is 71.5 Å². The van der Waals surface area contributed by atoms with Crippen molar-refractivity contribution >= 4 is 19.9 Å². The summed E-state index contributed by atoms with van der Waals surface area (Å²) >= 11 is 0. The zero-order chi connectivity index (χ0) is 17.8. The highest BCUT2D eigenvalue weighted by Crippen LogP contribution is 2.45. The van der Waals surface area contributed by atoms with Gasteiger partial charge in [-0.05, 0) is 13.8 Å². The molecule has 8 unspecified atom stereocenters. The number of rotatable bonds is 3. The predicted molar refractivity (Wildman–Crippen MR) is 79.8 cm³/mol. The Labute approximate surface area is 142 Å². The maximum atomic E-state index is 11.7. The zero-order valence-corrected chi connectivity index (χ0v) is 15.6. The number of hydrogen-bond donors (Lipinski definition) is 0. The van der Waals surface area contributed by atoms with Gasteiger partial charge in [0.1, 0.15) is 24.4 Å². The first kappa shape index (κ1) is 18.8. The Kier molecular flexibility index (Phi) is 4.98. The summed E-state index contributed by atoms with van der Waals surface area (Å²) in [4.78, 5) is 0. The van der Waals surface area contributed by atoms with Gasteiger partial charge >= 0.3 is 10.4 Å². The Morgan fingerprint density at radius 3 is 2.17 bits per heavy atom. The first-order chi connectivity index (χ1) is 11.2. The Morgan fingerprint density at radius 1 is 1.04 bits per heavy atom. The molecule has 0 radical (unpaired) electrons. The van der Waals surface area contributed by atoms with Crippen LogP contribution in [0.5, 0.6) is 0 Å². The fourth-order valence-corrected chi connectivity index (χ4v) is 4.09. The lowest BCUT2D eigenvalue weighted by Gasteiger charge is -2.57. The van der Waals surface area contributed by atoms with E-state index in [0.717, 1.165) is 0 Å². The van der Waals surface area contributed by atoms with Crippen molar-refractivity contribution in [2.75, 3.05) is 20.8 Å². The zero-order valence-electron chi connectivity index (χ0n) is 13.7. The molecule has 3 rings (SSSR count). The molecule has 3 aliphatic heterocycles. The third-order valence-electron chi connectivity index (χ3n) is 4.66. The van der Waals surface area contributed by atoms with Crippen LogP contribution in [0.15, 0.2) is 0 Å². The topological polar surface area (TPSA) is 108 Å². The number of ether oxygens (including phenoxy) is 5. The summed E-state index contributed by atoms with van der Waals surface area (Å²) in [7, 11) is 0.823. The van der Waals surface area contributed by atoms with Crippen molar-refractivity contribution in [2.24, 2.45) is 0 Å². The van der Waals surface area contributed by atoms with E-state index >= 15 is 0 Å². The maximum absolute atomic E-state index is 11.7. The van der Waals surface area contributed by atoms with E-state index in [-0.39, 0.29) is 6.61 Å². The van der Waals surface area contributed by atoms with Gasteiger partial charge in [-0.2, -0.15) is 8.42 Å². The molecule has 0 aromatic rings. The summed E-state index contributed by atoms with van der Waals surface area (Å²) in [5.41, 5.74) is 0. The molecular formula is C12H21O10PS. The molecule has 0 amide bonds. The molecule has 0 aromatic carbocycles. The first-order valence-electron chi connectivity index (χ1n) is 7.23. The summed E-state index contributed by atoms with van der Waals surface area (Å²) in [6.45, 7) is 3.05. The lowest BCUT2D eigenvalue weighted by molar-refractivity contribution is -0.480. The van der Waals surface area contributed by atoms with Crippen LogP contribution in [0.3, 0.4) is 0 Å². The summed E-state index contributed by atoms with van der Waals surface area (Å²) in [6.07, 6.45) is -4.20. The molecular weight excluding hydrogens is 367 g/mol. The SMILES string of the molecule is COC1(C)OC2C(OP)OC3COS(=O)(=O)OC3C2OC1(C)OC. The van der Waals surface area contributed by atoms with E-state index in [1.54, 1.807) is 13.8 Å². The van der Waals surface area contributed by atoms with E-state index < -0.39 is 52.7 Å². The Hall–Kier alpha value is 0.0600. The van der Waals surface area contributed by atoms with E-state index in [9.17, 15) is 8.42 Å². The molecule has 24 heavy (non-hydrogen) atoms. The van der Waals surface area contributed by atoms with Crippen molar-refractivity contribution in [3.63, 3.8) is 0 Å². The molecule has 0 saturated carbocycles. The highest BCUT2D eigenvalue weighted by atomic mass is 32.3. The van der Waals surface area contributed by atoms with Crippen LogP contribution in [0.1, 0.15) is 13.8 Å². The lowest BCUT2D eigenvalue weighted by atomic mass is 9.94. The van der Waals surface area contributed by atoms with Gasteiger partial charge in [0.15, 0.2) is 6.29 Å². The van der Waals surface area contributed by atoms with E-state index in [4.69, 9.17) is 32.4 Å².